The van der Waals surface area contributed by atoms with Crippen molar-refractivity contribution in [2.24, 2.45) is 0 Å². The molecular weight excluding hydrogens is 210 g/mol. The van der Waals surface area contributed by atoms with Gasteiger partial charge in [-0.05, 0) is 24.3 Å². The first-order chi connectivity index (χ1) is 7.51. The molecule has 5 heteroatoms. The predicted octanol–water partition coefficient (Wildman–Crippen LogP) is 0.580. The Kier molecular flexibility index (Phi) is 3.85. The van der Waals surface area contributed by atoms with Crippen LogP contribution in [-0.2, 0) is 19.0 Å². The van der Waals surface area contributed by atoms with Gasteiger partial charge >= 0.3 is 0 Å². The molecule has 1 rings (SSSR count). The largest absolute Gasteiger partial charge is 0.352 e. The van der Waals surface area contributed by atoms with Gasteiger partial charge in [-0.3, -0.25) is 4.79 Å². The van der Waals surface area contributed by atoms with Crippen LogP contribution in [0.15, 0.2) is 24.3 Å². The highest BCUT2D eigenvalue weighted by molar-refractivity contribution is 5.74. The maximum absolute atomic E-state index is 11.1. The molecule has 0 saturated heterocycles. The van der Waals surface area contributed by atoms with E-state index in [-0.39, 0.29) is 5.91 Å². The molecular formula is C11H17NO4. The lowest BCUT2D eigenvalue weighted by atomic mass is 10.0. The lowest BCUT2D eigenvalue weighted by Crippen LogP contribution is -2.49. The summed E-state index contributed by atoms with van der Waals surface area (Å²) < 4.78 is 15.7. The highest BCUT2D eigenvalue weighted by atomic mass is 16.7. The number of carbonyl (C=O) groups is 1. The van der Waals surface area contributed by atoms with E-state index in [0.717, 1.165) is 0 Å². The van der Waals surface area contributed by atoms with E-state index in [4.69, 9.17) is 14.2 Å². The summed E-state index contributed by atoms with van der Waals surface area (Å²) in [5.41, 5.74) is -0.924. The third kappa shape index (κ3) is 2.49. The summed E-state index contributed by atoms with van der Waals surface area (Å²) in [7, 11) is 4.59. The third-order valence-corrected chi connectivity index (χ3v) is 2.47. The van der Waals surface area contributed by atoms with Crippen molar-refractivity contribution in [1.82, 2.24) is 5.32 Å². The Hall–Kier alpha value is -1.17. The fourth-order valence-corrected chi connectivity index (χ4v) is 1.49. The molecule has 0 aromatic heterocycles. The average Bonchev–Trinajstić information content (AvgIpc) is 2.30. The summed E-state index contributed by atoms with van der Waals surface area (Å²) in [6, 6.07) is 0. The normalized spacial score (nSPS) is 20.8. The molecule has 0 spiro atoms. The minimum Gasteiger partial charge on any atom is -0.352 e. The van der Waals surface area contributed by atoms with E-state index < -0.39 is 11.5 Å². The molecule has 0 fully saturated rings. The molecule has 1 aliphatic rings. The first-order valence-corrected chi connectivity index (χ1v) is 4.86. The summed E-state index contributed by atoms with van der Waals surface area (Å²) in [4.78, 5) is 11.1. The van der Waals surface area contributed by atoms with Crippen LogP contribution in [0.1, 0.15) is 6.92 Å². The van der Waals surface area contributed by atoms with E-state index >= 15 is 0 Å². The number of amides is 1. The molecule has 0 saturated carbocycles. The highest BCUT2D eigenvalue weighted by Gasteiger charge is 2.34. The number of nitrogens with one attached hydrogen (secondary N) is 1. The van der Waals surface area contributed by atoms with Gasteiger partial charge in [0.05, 0.1) is 0 Å². The zero-order valence-corrected chi connectivity index (χ0v) is 9.94. The van der Waals surface area contributed by atoms with Gasteiger partial charge in [0.25, 0.3) is 0 Å². The van der Waals surface area contributed by atoms with Gasteiger partial charge in [0.2, 0.25) is 11.7 Å². The molecule has 0 aromatic carbocycles. The molecule has 0 radical (unpaired) electrons. The van der Waals surface area contributed by atoms with Crippen molar-refractivity contribution in [3.8, 4) is 0 Å². The van der Waals surface area contributed by atoms with Crippen LogP contribution >= 0.6 is 0 Å². The fourth-order valence-electron chi connectivity index (χ4n) is 1.49. The van der Waals surface area contributed by atoms with Crippen LogP contribution in [0.5, 0.6) is 0 Å². The zero-order chi connectivity index (χ0) is 12.2. The van der Waals surface area contributed by atoms with Gasteiger partial charge < -0.3 is 19.5 Å². The number of methoxy groups -OCH3 is 3. The van der Waals surface area contributed by atoms with Gasteiger partial charge in [0.15, 0.2) is 5.72 Å². The average molecular weight is 227 g/mol. The second-order valence-electron chi connectivity index (χ2n) is 3.47. The molecule has 1 N–H and O–H groups in total. The van der Waals surface area contributed by atoms with Crippen LogP contribution in [0, 0.1) is 0 Å². The van der Waals surface area contributed by atoms with Crippen molar-refractivity contribution < 1.29 is 19.0 Å². The summed E-state index contributed by atoms with van der Waals surface area (Å²) in [5.74, 6) is -1.07. The molecule has 5 nitrogen and oxygen atoms in total. The Balaban J connectivity index is 2.90. The van der Waals surface area contributed by atoms with Gasteiger partial charge in [-0.1, -0.05) is 0 Å². The molecule has 1 amide bonds. The molecule has 90 valence electrons. The Morgan fingerprint density at radius 1 is 1.00 bits per heavy atom. The highest BCUT2D eigenvalue weighted by Crippen LogP contribution is 2.25. The number of carbonyl (C=O) groups excluding carboxylic acids is 1. The number of hydrogen-bond donors (Lipinski definition) is 1. The smallest absolute Gasteiger partial charge is 0.219 e. The van der Waals surface area contributed by atoms with Crippen molar-refractivity contribution in [1.29, 1.82) is 0 Å². The first kappa shape index (κ1) is 12.9. The minimum absolute atomic E-state index is 0.182. The van der Waals surface area contributed by atoms with Crippen LogP contribution in [0.2, 0.25) is 0 Å². The van der Waals surface area contributed by atoms with Crippen LogP contribution in [0.25, 0.3) is 0 Å². The summed E-state index contributed by atoms with van der Waals surface area (Å²) in [6.45, 7) is 1.43. The Morgan fingerprint density at radius 2 is 1.50 bits per heavy atom. The number of ether oxygens (including phenoxy) is 3. The van der Waals surface area contributed by atoms with Gasteiger partial charge in [-0.25, -0.2) is 0 Å². The molecule has 16 heavy (non-hydrogen) atoms. The third-order valence-electron chi connectivity index (χ3n) is 2.47. The van der Waals surface area contributed by atoms with E-state index in [2.05, 4.69) is 5.32 Å². The summed E-state index contributed by atoms with van der Waals surface area (Å²) in [6.07, 6.45) is 6.74. The monoisotopic (exact) mass is 227 g/mol. The SMILES string of the molecule is COC1(NC(C)=O)C=CC(OC)(OC)C=C1. The van der Waals surface area contributed by atoms with E-state index in [1.165, 1.54) is 28.3 Å². The van der Waals surface area contributed by atoms with Gasteiger partial charge in [0.1, 0.15) is 0 Å². The second-order valence-corrected chi connectivity index (χ2v) is 3.47. The van der Waals surface area contributed by atoms with E-state index in [9.17, 15) is 4.79 Å². The summed E-state index contributed by atoms with van der Waals surface area (Å²) >= 11 is 0. The van der Waals surface area contributed by atoms with E-state index in [1.54, 1.807) is 24.3 Å². The lowest BCUT2D eigenvalue weighted by Gasteiger charge is -2.34. The summed E-state index contributed by atoms with van der Waals surface area (Å²) in [5, 5.41) is 2.68. The Morgan fingerprint density at radius 3 is 1.81 bits per heavy atom. The molecule has 0 bridgehead atoms. The first-order valence-electron chi connectivity index (χ1n) is 4.86. The second kappa shape index (κ2) is 4.78. The number of rotatable bonds is 4. The molecule has 0 heterocycles. The molecule has 0 aliphatic heterocycles. The van der Waals surface area contributed by atoms with Crippen molar-refractivity contribution >= 4 is 5.91 Å². The maximum atomic E-state index is 11.1. The molecule has 0 aromatic rings. The standard InChI is InChI=1S/C11H17NO4/c1-9(13)12-10(14-2)5-7-11(15-3,16-4)8-6-10/h5-8H,1-4H3,(H,12,13). The maximum Gasteiger partial charge on any atom is 0.219 e. The van der Waals surface area contributed by atoms with Crippen LogP contribution in [-0.4, -0.2) is 38.7 Å². The molecule has 0 atom stereocenters. The molecule has 0 unspecified atom stereocenters. The van der Waals surface area contributed by atoms with Crippen molar-refractivity contribution in [3.05, 3.63) is 24.3 Å². The van der Waals surface area contributed by atoms with Crippen molar-refractivity contribution in [3.63, 3.8) is 0 Å². The zero-order valence-electron chi connectivity index (χ0n) is 9.94. The van der Waals surface area contributed by atoms with Crippen molar-refractivity contribution in [2.45, 2.75) is 18.4 Å². The molecule has 1 aliphatic carbocycles. The Bertz CT molecular complexity index is 302. The number of hydrogen-bond acceptors (Lipinski definition) is 4. The van der Waals surface area contributed by atoms with E-state index in [0.29, 0.717) is 0 Å². The predicted molar refractivity (Wildman–Crippen MR) is 58.6 cm³/mol. The van der Waals surface area contributed by atoms with Gasteiger partial charge in [0, 0.05) is 28.3 Å². The quantitative estimate of drug-likeness (QED) is 0.564. The fraction of sp³-hybridized carbons (Fsp3) is 0.545. The topological polar surface area (TPSA) is 56.8 Å². The van der Waals surface area contributed by atoms with Crippen molar-refractivity contribution in [2.75, 3.05) is 21.3 Å². The van der Waals surface area contributed by atoms with E-state index in [1.807, 2.05) is 0 Å². The lowest BCUT2D eigenvalue weighted by molar-refractivity contribution is -0.139. The van der Waals surface area contributed by atoms with Crippen LogP contribution in [0.4, 0.5) is 0 Å². The van der Waals surface area contributed by atoms with Crippen LogP contribution in [0.3, 0.4) is 0 Å². The van der Waals surface area contributed by atoms with Gasteiger partial charge in [-0.2, -0.15) is 0 Å². The minimum atomic E-state index is -0.924. The van der Waals surface area contributed by atoms with Gasteiger partial charge in [-0.15, -0.1) is 0 Å². The van der Waals surface area contributed by atoms with Crippen LogP contribution < -0.4 is 5.32 Å². The Labute approximate surface area is 95.1 Å².